The summed E-state index contributed by atoms with van der Waals surface area (Å²) in [5.41, 5.74) is 5.17. The van der Waals surface area contributed by atoms with E-state index in [1.165, 1.54) is 0 Å². The molecule has 56 valence electrons. The van der Waals surface area contributed by atoms with Crippen LogP contribution in [-0.4, -0.2) is 32.7 Å². The monoisotopic (exact) mass is 156 g/mol. The van der Waals surface area contributed by atoms with E-state index in [0.29, 0.717) is 26.2 Å². The van der Waals surface area contributed by atoms with Crippen LogP contribution in [0.3, 0.4) is 0 Å². The van der Waals surface area contributed by atoms with Crippen molar-refractivity contribution in [2.75, 3.05) is 26.2 Å². The molecular weight excluding hydrogens is 143 g/mol. The number of hydrogen-bond donors (Lipinski definition) is 2. The standard InChI is InChI=1S/C5H12N2O2.Na.H/c6-1-2-7-3-4-9-5-8;;/h5,7H,1-4,6H2;;/q;+1;-1. The summed E-state index contributed by atoms with van der Waals surface area (Å²) in [6, 6.07) is 0. The predicted octanol–water partition coefficient (Wildman–Crippen LogP) is -4.18. The summed E-state index contributed by atoms with van der Waals surface area (Å²) in [6.07, 6.45) is 0. The van der Waals surface area contributed by atoms with Crippen LogP contribution in [0.15, 0.2) is 0 Å². The third-order valence-electron chi connectivity index (χ3n) is 0.786. The van der Waals surface area contributed by atoms with Crippen molar-refractivity contribution in [1.82, 2.24) is 5.32 Å². The van der Waals surface area contributed by atoms with Gasteiger partial charge < -0.3 is 17.2 Å². The molecule has 0 rings (SSSR count). The largest absolute Gasteiger partial charge is 1.00 e. The van der Waals surface area contributed by atoms with Gasteiger partial charge in [-0.15, -0.1) is 0 Å². The summed E-state index contributed by atoms with van der Waals surface area (Å²) >= 11 is 0. The van der Waals surface area contributed by atoms with Crippen molar-refractivity contribution in [1.29, 1.82) is 0 Å². The topological polar surface area (TPSA) is 64.3 Å². The van der Waals surface area contributed by atoms with E-state index in [1.54, 1.807) is 0 Å². The molecular formula is C5H13N2NaO2. The number of carbonyl (C=O) groups is 1. The molecule has 0 bridgehead atoms. The van der Waals surface area contributed by atoms with Crippen LogP contribution in [0.2, 0.25) is 0 Å². The molecule has 0 amide bonds. The second-order valence-electron chi connectivity index (χ2n) is 1.51. The van der Waals surface area contributed by atoms with Gasteiger partial charge >= 0.3 is 29.6 Å². The zero-order chi connectivity index (χ0) is 6.95. The summed E-state index contributed by atoms with van der Waals surface area (Å²) in [7, 11) is 0. The third-order valence-corrected chi connectivity index (χ3v) is 0.786. The van der Waals surface area contributed by atoms with E-state index >= 15 is 0 Å². The molecule has 0 saturated carbocycles. The summed E-state index contributed by atoms with van der Waals surface area (Å²) in [5.74, 6) is 0. The van der Waals surface area contributed by atoms with Crippen LogP contribution in [0, 0.1) is 0 Å². The fourth-order valence-corrected chi connectivity index (χ4v) is 0.406. The minimum absolute atomic E-state index is 0. The maximum absolute atomic E-state index is 9.56. The van der Waals surface area contributed by atoms with Crippen molar-refractivity contribution in [3.63, 3.8) is 0 Å². The number of rotatable bonds is 6. The van der Waals surface area contributed by atoms with E-state index in [4.69, 9.17) is 5.73 Å². The quantitative estimate of drug-likeness (QED) is 0.233. The van der Waals surface area contributed by atoms with Crippen LogP contribution in [-0.2, 0) is 9.53 Å². The van der Waals surface area contributed by atoms with Crippen LogP contribution in [0.5, 0.6) is 0 Å². The van der Waals surface area contributed by atoms with Crippen LogP contribution >= 0.6 is 0 Å². The Kier molecular flexibility index (Phi) is 15.8. The Labute approximate surface area is 84.3 Å². The van der Waals surface area contributed by atoms with Gasteiger partial charge in [-0.3, -0.25) is 4.79 Å². The second kappa shape index (κ2) is 12.1. The maximum Gasteiger partial charge on any atom is 1.00 e. The molecule has 10 heavy (non-hydrogen) atoms. The molecule has 0 radical (unpaired) electrons. The Morgan fingerprint density at radius 3 is 2.80 bits per heavy atom. The molecule has 0 aliphatic heterocycles. The van der Waals surface area contributed by atoms with E-state index in [2.05, 4.69) is 10.1 Å². The molecule has 5 heteroatoms. The van der Waals surface area contributed by atoms with Gasteiger partial charge in [0.1, 0.15) is 6.61 Å². The van der Waals surface area contributed by atoms with Crippen molar-refractivity contribution >= 4 is 6.47 Å². The molecule has 0 aliphatic carbocycles. The maximum atomic E-state index is 9.56. The van der Waals surface area contributed by atoms with Crippen molar-refractivity contribution in [3.05, 3.63) is 0 Å². The van der Waals surface area contributed by atoms with Gasteiger partial charge in [-0.25, -0.2) is 0 Å². The number of hydrogen-bond acceptors (Lipinski definition) is 4. The van der Waals surface area contributed by atoms with Crippen LogP contribution < -0.4 is 40.6 Å². The van der Waals surface area contributed by atoms with E-state index < -0.39 is 0 Å². The van der Waals surface area contributed by atoms with Crippen LogP contribution in [0.4, 0.5) is 0 Å². The minimum Gasteiger partial charge on any atom is -1.00 e. The van der Waals surface area contributed by atoms with Crippen molar-refractivity contribution in [3.8, 4) is 0 Å². The summed E-state index contributed by atoms with van der Waals surface area (Å²) in [5, 5.41) is 2.96. The number of nitrogens with two attached hydrogens (primary N) is 1. The Bertz CT molecular complexity index is 77.5. The first-order chi connectivity index (χ1) is 4.41. The van der Waals surface area contributed by atoms with E-state index in [1.807, 2.05) is 0 Å². The summed E-state index contributed by atoms with van der Waals surface area (Å²) < 4.78 is 4.40. The molecule has 0 unspecified atom stereocenters. The molecule has 0 fully saturated rings. The smallest absolute Gasteiger partial charge is 1.00 e. The van der Waals surface area contributed by atoms with Gasteiger partial charge in [0.25, 0.3) is 6.47 Å². The van der Waals surface area contributed by atoms with Crippen LogP contribution in [0.25, 0.3) is 0 Å². The number of carbonyl (C=O) groups excluding carboxylic acids is 1. The van der Waals surface area contributed by atoms with Crippen LogP contribution in [0.1, 0.15) is 1.43 Å². The molecule has 3 N–H and O–H groups in total. The summed E-state index contributed by atoms with van der Waals surface area (Å²) in [4.78, 5) is 9.56. The average Bonchev–Trinajstić information content (AvgIpc) is 1.89. The zero-order valence-corrected chi connectivity index (χ0v) is 8.30. The van der Waals surface area contributed by atoms with Gasteiger partial charge in [-0.2, -0.15) is 0 Å². The van der Waals surface area contributed by atoms with Gasteiger partial charge in [-0.05, 0) is 0 Å². The zero-order valence-electron chi connectivity index (χ0n) is 7.30. The first-order valence-electron chi connectivity index (χ1n) is 2.88. The Morgan fingerprint density at radius 1 is 1.60 bits per heavy atom. The van der Waals surface area contributed by atoms with E-state index in [9.17, 15) is 4.79 Å². The van der Waals surface area contributed by atoms with Crippen molar-refractivity contribution in [2.24, 2.45) is 5.73 Å². The van der Waals surface area contributed by atoms with Gasteiger partial charge in [0.05, 0.1) is 0 Å². The number of nitrogens with one attached hydrogen (secondary N) is 1. The van der Waals surface area contributed by atoms with E-state index in [0.717, 1.165) is 6.54 Å². The summed E-state index contributed by atoms with van der Waals surface area (Å²) in [6.45, 7) is 2.91. The van der Waals surface area contributed by atoms with Crippen molar-refractivity contribution < 1.29 is 40.5 Å². The molecule has 0 aromatic rings. The molecule has 0 aromatic carbocycles. The normalized spacial score (nSPS) is 8.10. The number of ether oxygens (including phenoxy) is 1. The molecule has 0 saturated heterocycles. The molecule has 0 atom stereocenters. The van der Waals surface area contributed by atoms with Crippen molar-refractivity contribution in [2.45, 2.75) is 0 Å². The fraction of sp³-hybridized carbons (Fsp3) is 0.800. The molecule has 0 spiro atoms. The van der Waals surface area contributed by atoms with Gasteiger partial charge in [0, 0.05) is 19.6 Å². The van der Waals surface area contributed by atoms with Gasteiger partial charge in [0.15, 0.2) is 0 Å². The second-order valence-corrected chi connectivity index (χ2v) is 1.51. The SMILES string of the molecule is NCCNCCOC=O.[H-].[Na+]. The van der Waals surface area contributed by atoms with Gasteiger partial charge in [-0.1, -0.05) is 0 Å². The molecule has 0 aliphatic rings. The Balaban J connectivity index is -0.000000320. The molecule has 4 nitrogen and oxygen atoms in total. The molecule has 0 heterocycles. The first-order valence-corrected chi connectivity index (χ1v) is 2.88. The predicted molar refractivity (Wildman–Crippen MR) is 35.1 cm³/mol. The van der Waals surface area contributed by atoms with E-state index in [-0.39, 0.29) is 31.0 Å². The fourth-order valence-electron chi connectivity index (χ4n) is 0.406. The minimum atomic E-state index is 0. The van der Waals surface area contributed by atoms with Gasteiger partial charge in [0.2, 0.25) is 0 Å². The molecule has 0 aromatic heterocycles. The first kappa shape index (κ1) is 13.0. The Hall–Kier alpha value is 0.390. The Morgan fingerprint density at radius 2 is 2.30 bits per heavy atom. The third kappa shape index (κ3) is 11.2. The average molecular weight is 156 g/mol.